The Hall–Kier alpha value is -2.74. The number of nitrogens with one attached hydrogen (secondary N) is 1. The Morgan fingerprint density at radius 1 is 1.08 bits per heavy atom. The van der Waals surface area contributed by atoms with Crippen LogP contribution in [0.5, 0.6) is 0 Å². The Morgan fingerprint density at radius 3 is 2.64 bits per heavy atom. The predicted octanol–water partition coefficient (Wildman–Crippen LogP) is 6.13. The molecule has 1 aromatic heterocycles. The van der Waals surface area contributed by atoms with Gasteiger partial charge >= 0.3 is 5.97 Å². The average Bonchev–Trinajstić information content (AvgIpc) is 3.62. The number of carbonyl (C=O) groups excluding carboxylic acids is 1. The van der Waals surface area contributed by atoms with Gasteiger partial charge in [0.1, 0.15) is 12.1 Å². The molecule has 1 saturated carbocycles. The Balaban J connectivity index is 1.27. The fourth-order valence-corrected chi connectivity index (χ4v) is 7.47. The van der Waals surface area contributed by atoms with E-state index in [1.807, 2.05) is 0 Å². The van der Waals surface area contributed by atoms with Gasteiger partial charge in [-0.05, 0) is 74.6 Å². The van der Waals surface area contributed by atoms with Gasteiger partial charge in [0.2, 0.25) is 5.89 Å². The molecule has 0 radical (unpaired) electrons. The molecule has 3 fully saturated rings. The van der Waals surface area contributed by atoms with E-state index in [1.54, 1.807) is 12.1 Å². The van der Waals surface area contributed by atoms with Gasteiger partial charge < -0.3 is 19.6 Å². The van der Waals surface area contributed by atoms with Gasteiger partial charge in [0.15, 0.2) is 5.69 Å². The van der Waals surface area contributed by atoms with Crippen molar-refractivity contribution in [2.24, 2.45) is 5.41 Å². The van der Waals surface area contributed by atoms with E-state index in [4.69, 9.17) is 19.2 Å². The van der Waals surface area contributed by atoms with Crippen molar-refractivity contribution in [2.45, 2.75) is 114 Å². The number of nitrogens with zero attached hydrogens (tertiary/aromatic N) is 1. The van der Waals surface area contributed by atoms with E-state index >= 15 is 0 Å². The summed E-state index contributed by atoms with van der Waals surface area (Å²) in [5, 5.41) is 12.1. The SMILES string of the molecule is CCCCCCCCNC(=O)c1coc(C23CCC2(CCc2cc(F)ccc2CCC(=O)O)C2CCC3O2)n1. The molecular formula is C31H41FN2O5. The number of hydrogen-bond donors (Lipinski definition) is 2. The lowest BCUT2D eigenvalue weighted by atomic mass is 9.42. The van der Waals surface area contributed by atoms with Crippen LogP contribution in [0.15, 0.2) is 28.9 Å². The Kier molecular flexibility index (Phi) is 8.40. The molecule has 39 heavy (non-hydrogen) atoms. The minimum Gasteiger partial charge on any atom is -0.481 e. The number of carbonyl (C=O) groups is 2. The van der Waals surface area contributed by atoms with Gasteiger partial charge in [-0.25, -0.2) is 9.37 Å². The van der Waals surface area contributed by atoms with Gasteiger partial charge in [0.05, 0.1) is 17.6 Å². The maximum Gasteiger partial charge on any atom is 0.303 e. The zero-order valence-electron chi connectivity index (χ0n) is 23.0. The molecule has 2 N–H and O–H groups in total. The molecule has 212 valence electrons. The largest absolute Gasteiger partial charge is 0.481 e. The van der Waals surface area contributed by atoms with Crippen molar-refractivity contribution in [3.63, 3.8) is 0 Å². The molecule has 2 bridgehead atoms. The summed E-state index contributed by atoms with van der Waals surface area (Å²) in [4.78, 5) is 28.7. The number of unbranched alkanes of at least 4 members (excludes halogenated alkanes) is 5. The highest BCUT2D eigenvalue weighted by atomic mass is 19.1. The molecule has 1 amide bonds. The summed E-state index contributed by atoms with van der Waals surface area (Å²) < 4.78 is 26.7. The number of carboxylic acid groups (broad SMARTS) is 1. The fraction of sp³-hybridized carbons (Fsp3) is 0.645. The number of carboxylic acids is 1. The van der Waals surface area contributed by atoms with Gasteiger partial charge in [0.25, 0.3) is 5.91 Å². The fourth-order valence-electron chi connectivity index (χ4n) is 7.47. The van der Waals surface area contributed by atoms with Gasteiger partial charge in [-0.3, -0.25) is 9.59 Å². The van der Waals surface area contributed by atoms with E-state index in [1.165, 1.54) is 38.0 Å². The highest BCUT2D eigenvalue weighted by Crippen LogP contribution is 2.72. The first-order valence-electron chi connectivity index (χ1n) is 14.8. The second-order valence-electron chi connectivity index (χ2n) is 11.7. The van der Waals surface area contributed by atoms with Gasteiger partial charge in [0, 0.05) is 18.4 Å². The van der Waals surface area contributed by atoms with Crippen molar-refractivity contribution in [1.29, 1.82) is 0 Å². The molecule has 4 unspecified atom stereocenters. The monoisotopic (exact) mass is 540 g/mol. The Bertz CT molecular complexity index is 1180. The first kappa shape index (κ1) is 27.8. The summed E-state index contributed by atoms with van der Waals surface area (Å²) in [6.45, 7) is 2.83. The molecule has 5 rings (SSSR count). The quantitative estimate of drug-likeness (QED) is 0.263. The second kappa shape index (κ2) is 11.8. The Morgan fingerprint density at radius 2 is 1.87 bits per heavy atom. The summed E-state index contributed by atoms with van der Waals surface area (Å²) in [7, 11) is 0. The summed E-state index contributed by atoms with van der Waals surface area (Å²) in [6, 6.07) is 4.65. The molecule has 4 atom stereocenters. The molecule has 3 aliphatic rings. The minimum absolute atomic E-state index is 0.00734. The molecule has 2 aromatic rings. The van der Waals surface area contributed by atoms with E-state index in [2.05, 4.69) is 12.2 Å². The summed E-state index contributed by atoms with van der Waals surface area (Å²) in [5.41, 5.74) is 1.50. The molecule has 2 saturated heterocycles. The summed E-state index contributed by atoms with van der Waals surface area (Å²) >= 11 is 0. The van der Waals surface area contributed by atoms with Crippen molar-refractivity contribution in [3.8, 4) is 0 Å². The molecule has 3 heterocycles. The second-order valence-corrected chi connectivity index (χ2v) is 11.7. The molecule has 7 nitrogen and oxygen atoms in total. The molecular weight excluding hydrogens is 499 g/mol. The van der Waals surface area contributed by atoms with E-state index in [9.17, 15) is 14.0 Å². The van der Waals surface area contributed by atoms with Crippen LogP contribution in [0.4, 0.5) is 4.39 Å². The van der Waals surface area contributed by atoms with Crippen molar-refractivity contribution in [2.75, 3.05) is 6.54 Å². The third-order valence-corrected chi connectivity index (χ3v) is 9.59. The van der Waals surface area contributed by atoms with Crippen LogP contribution in [0.2, 0.25) is 0 Å². The number of hydrogen-bond acceptors (Lipinski definition) is 5. The van der Waals surface area contributed by atoms with Crippen LogP contribution in [0.3, 0.4) is 0 Å². The smallest absolute Gasteiger partial charge is 0.303 e. The number of rotatable bonds is 15. The van der Waals surface area contributed by atoms with E-state index in [0.29, 0.717) is 31.0 Å². The van der Waals surface area contributed by atoms with Crippen LogP contribution in [0.25, 0.3) is 0 Å². The zero-order chi connectivity index (χ0) is 27.5. The number of benzene rings is 1. The maximum absolute atomic E-state index is 14.2. The summed E-state index contributed by atoms with van der Waals surface area (Å²) in [6.07, 6.45) is 14.1. The number of aryl methyl sites for hydroxylation is 2. The lowest BCUT2D eigenvalue weighted by Crippen LogP contribution is -2.61. The first-order chi connectivity index (χ1) is 18.9. The lowest BCUT2D eigenvalue weighted by Gasteiger charge is -2.58. The number of ether oxygens (including phenoxy) is 1. The molecule has 2 aliphatic heterocycles. The zero-order valence-corrected chi connectivity index (χ0v) is 23.0. The van der Waals surface area contributed by atoms with Crippen molar-refractivity contribution >= 4 is 11.9 Å². The van der Waals surface area contributed by atoms with Gasteiger partial charge in [-0.15, -0.1) is 0 Å². The average molecular weight is 541 g/mol. The van der Waals surface area contributed by atoms with Crippen LogP contribution < -0.4 is 5.32 Å². The standard InChI is InChI=1S/C31H41FN2O5/c1-2-3-4-5-6-7-18-33-28(37)24-20-38-29(34-24)31-17-16-30(31,25-11-12-26(31)39-25)15-14-22-19-23(32)10-8-21(22)9-13-27(35)36/h8,10,19-20,25-26H,2-7,9,11-18H2,1H3,(H,33,37)(H,35,36). The van der Waals surface area contributed by atoms with Crippen molar-refractivity contribution < 1.29 is 28.2 Å². The molecule has 1 aliphatic carbocycles. The highest BCUT2D eigenvalue weighted by Gasteiger charge is 2.76. The van der Waals surface area contributed by atoms with Crippen LogP contribution in [-0.4, -0.2) is 40.7 Å². The van der Waals surface area contributed by atoms with Crippen molar-refractivity contribution in [1.82, 2.24) is 10.3 Å². The predicted molar refractivity (Wildman–Crippen MR) is 144 cm³/mol. The van der Waals surface area contributed by atoms with E-state index in [-0.39, 0.29) is 41.2 Å². The third-order valence-electron chi connectivity index (χ3n) is 9.59. The van der Waals surface area contributed by atoms with E-state index in [0.717, 1.165) is 56.1 Å². The van der Waals surface area contributed by atoms with Crippen molar-refractivity contribution in [3.05, 3.63) is 53.0 Å². The molecule has 1 aromatic carbocycles. The first-order valence-corrected chi connectivity index (χ1v) is 14.8. The number of halogens is 1. The van der Waals surface area contributed by atoms with Crippen LogP contribution in [0.1, 0.15) is 111 Å². The minimum atomic E-state index is -0.862. The highest BCUT2D eigenvalue weighted by molar-refractivity contribution is 5.91. The number of fused-ring (bicyclic) bond motifs is 5. The summed E-state index contributed by atoms with van der Waals surface area (Å²) in [5.74, 6) is -0.781. The van der Waals surface area contributed by atoms with Crippen LogP contribution >= 0.6 is 0 Å². The maximum atomic E-state index is 14.2. The number of aromatic nitrogens is 1. The number of aliphatic carboxylic acids is 1. The van der Waals surface area contributed by atoms with Gasteiger partial charge in [-0.2, -0.15) is 0 Å². The van der Waals surface area contributed by atoms with E-state index < -0.39 is 5.97 Å². The topological polar surface area (TPSA) is 102 Å². The lowest BCUT2D eigenvalue weighted by molar-refractivity contribution is -0.136. The van der Waals surface area contributed by atoms with Crippen LogP contribution in [0, 0.1) is 11.2 Å². The normalized spacial score (nSPS) is 26.8. The molecule has 8 heteroatoms. The molecule has 0 spiro atoms. The third kappa shape index (κ3) is 5.24. The van der Waals surface area contributed by atoms with Crippen LogP contribution in [-0.2, 0) is 27.8 Å². The Labute approximate surface area is 229 Å². The number of oxazole rings is 1. The number of amides is 1. The van der Waals surface area contributed by atoms with Gasteiger partial charge in [-0.1, -0.05) is 45.1 Å².